The average Bonchev–Trinajstić information content (AvgIpc) is 3.08. The Kier molecular flexibility index (Phi) is 5.05. The number of hydrogen-bond acceptors (Lipinski definition) is 4. The molecule has 0 aromatic heterocycles. The second-order valence-corrected chi connectivity index (χ2v) is 8.08. The van der Waals surface area contributed by atoms with Crippen LogP contribution < -0.4 is 4.90 Å². The van der Waals surface area contributed by atoms with E-state index in [1.807, 2.05) is 13.8 Å². The summed E-state index contributed by atoms with van der Waals surface area (Å²) in [5.41, 5.74) is -0.0543. The monoisotopic (exact) mass is 410 g/mol. The van der Waals surface area contributed by atoms with E-state index in [0.29, 0.717) is 23.4 Å². The summed E-state index contributed by atoms with van der Waals surface area (Å²) in [6.45, 7) is 4.13. The highest BCUT2D eigenvalue weighted by atomic mass is 19.1. The van der Waals surface area contributed by atoms with Crippen LogP contribution in [0.15, 0.2) is 48.5 Å². The Morgan fingerprint density at radius 1 is 1.13 bits per heavy atom. The third kappa shape index (κ3) is 3.14. The number of benzene rings is 2. The first-order chi connectivity index (χ1) is 14.3. The number of carbonyl (C=O) groups excluding carboxylic acids is 3. The largest absolute Gasteiger partial charge is 0.458 e. The third-order valence-electron chi connectivity index (χ3n) is 5.53. The molecule has 0 unspecified atom stereocenters. The predicted molar refractivity (Wildman–Crippen MR) is 108 cm³/mol. The fourth-order valence-corrected chi connectivity index (χ4v) is 4.21. The summed E-state index contributed by atoms with van der Waals surface area (Å²) in [5.74, 6) is -1.46. The smallest absolute Gasteiger partial charge is 0.354 e. The number of para-hydroxylation sites is 1. The minimum absolute atomic E-state index is 0.0751. The normalized spacial score (nSPS) is 20.4. The van der Waals surface area contributed by atoms with Crippen LogP contribution in [0.4, 0.5) is 10.1 Å². The number of hydrogen-bond donors (Lipinski definition) is 0. The van der Waals surface area contributed by atoms with Gasteiger partial charge in [0.25, 0.3) is 5.91 Å². The molecule has 1 atom stereocenters. The summed E-state index contributed by atoms with van der Waals surface area (Å²) in [4.78, 5) is 42.6. The average molecular weight is 410 g/mol. The maximum atomic E-state index is 13.5. The molecule has 1 fully saturated rings. The molecule has 156 valence electrons. The van der Waals surface area contributed by atoms with Crippen molar-refractivity contribution in [2.75, 3.05) is 11.4 Å². The lowest BCUT2D eigenvalue weighted by Gasteiger charge is -2.48. The molecular formula is C23H23FN2O4. The number of halogens is 1. The quantitative estimate of drug-likeness (QED) is 0.708. The summed E-state index contributed by atoms with van der Waals surface area (Å²) in [7, 11) is 0. The van der Waals surface area contributed by atoms with Crippen molar-refractivity contribution in [2.45, 2.75) is 39.0 Å². The van der Waals surface area contributed by atoms with Crippen LogP contribution in [-0.2, 0) is 20.9 Å². The second-order valence-electron chi connectivity index (χ2n) is 8.08. The topological polar surface area (TPSA) is 66.9 Å². The zero-order valence-corrected chi connectivity index (χ0v) is 16.9. The molecule has 1 saturated heterocycles. The van der Waals surface area contributed by atoms with Crippen molar-refractivity contribution in [3.05, 3.63) is 65.5 Å². The molecule has 0 N–H and O–H groups in total. The molecule has 0 spiro atoms. The molecule has 2 heterocycles. The summed E-state index contributed by atoms with van der Waals surface area (Å²) in [6, 6.07) is 12.5. The first-order valence-corrected chi connectivity index (χ1v) is 10.0. The lowest BCUT2D eigenvalue weighted by Crippen LogP contribution is -2.69. The van der Waals surface area contributed by atoms with E-state index < -0.39 is 11.6 Å². The Morgan fingerprint density at radius 2 is 1.83 bits per heavy atom. The molecule has 7 heteroatoms. The SMILES string of the molecule is CC(C)CN1C(=O)c2ccccc2N2C(=O)CC[C@]12C(=O)OCc1ccc(F)cc1. The first kappa shape index (κ1) is 20.1. The van der Waals surface area contributed by atoms with Gasteiger partial charge in [-0.2, -0.15) is 0 Å². The summed E-state index contributed by atoms with van der Waals surface area (Å²) >= 11 is 0. The standard InChI is InChI=1S/C23H23FN2O4/c1-15(2)13-25-21(28)18-5-3-4-6-19(18)26-20(27)11-12-23(25,26)22(29)30-14-16-7-9-17(24)10-8-16/h3-10,15H,11-14H2,1-2H3/t23-/m0/s1. The summed E-state index contributed by atoms with van der Waals surface area (Å²) in [5, 5.41) is 0. The number of carbonyl (C=O) groups is 3. The van der Waals surface area contributed by atoms with Crippen molar-refractivity contribution in [2.24, 2.45) is 5.92 Å². The molecule has 0 bridgehead atoms. The number of ether oxygens (including phenoxy) is 1. The van der Waals surface area contributed by atoms with Crippen molar-refractivity contribution in [1.29, 1.82) is 0 Å². The van der Waals surface area contributed by atoms with Crippen molar-refractivity contribution >= 4 is 23.5 Å². The zero-order chi connectivity index (χ0) is 21.5. The number of nitrogens with zero attached hydrogens (tertiary/aromatic N) is 2. The van der Waals surface area contributed by atoms with E-state index in [1.165, 1.54) is 34.1 Å². The summed E-state index contributed by atoms with van der Waals surface area (Å²) < 4.78 is 18.7. The Bertz CT molecular complexity index is 1000. The van der Waals surface area contributed by atoms with Crippen LogP contribution >= 0.6 is 0 Å². The van der Waals surface area contributed by atoms with Gasteiger partial charge >= 0.3 is 5.97 Å². The van der Waals surface area contributed by atoms with E-state index in [1.54, 1.807) is 24.3 Å². The molecule has 0 radical (unpaired) electrons. The van der Waals surface area contributed by atoms with Crippen molar-refractivity contribution in [3.63, 3.8) is 0 Å². The number of rotatable bonds is 5. The number of anilines is 1. The Labute approximate surface area is 174 Å². The zero-order valence-electron chi connectivity index (χ0n) is 16.9. The number of fused-ring (bicyclic) bond motifs is 3. The van der Waals surface area contributed by atoms with Gasteiger partial charge in [-0.3, -0.25) is 14.5 Å². The van der Waals surface area contributed by atoms with Crippen LogP contribution in [0, 0.1) is 11.7 Å². The molecule has 2 aliphatic heterocycles. The molecule has 30 heavy (non-hydrogen) atoms. The van der Waals surface area contributed by atoms with Gasteiger partial charge in [0.15, 0.2) is 0 Å². The lowest BCUT2D eigenvalue weighted by molar-refractivity contribution is -0.159. The Morgan fingerprint density at radius 3 is 2.53 bits per heavy atom. The van der Waals surface area contributed by atoms with Gasteiger partial charge in [-0.15, -0.1) is 0 Å². The van der Waals surface area contributed by atoms with Crippen LogP contribution in [0.3, 0.4) is 0 Å². The molecule has 2 aromatic carbocycles. The highest BCUT2D eigenvalue weighted by Crippen LogP contribution is 2.45. The second kappa shape index (κ2) is 7.55. The van der Waals surface area contributed by atoms with E-state index in [-0.39, 0.29) is 43.0 Å². The van der Waals surface area contributed by atoms with Gasteiger partial charge < -0.3 is 9.64 Å². The molecule has 2 amide bonds. The Balaban J connectivity index is 1.74. The van der Waals surface area contributed by atoms with Crippen LogP contribution in [0.2, 0.25) is 0 Å². The highest BCUT2D eigenvalue weighted by molar-refractivity contribution is 6.15. The van der Waals surface area contributed by atoms with E-state index >= 15 is 0 Å². The minimum Gasteiger partial charge on any atom is -0.458 e. The molecular weight excluding hydrogens is 387 g/mol. The molecule has 2 aliphatic rings. The first-order valence-electron chi connectivity index (χ1n) is 10.0. The fourth-order valence-electron chi connectivity index (χ4n) is 4.21. The van der Waals surface area contributed by atoms with Crippen molar-refractivity contribution in [3.8, 4) is 0 Å². The van der Waals surface area contributed by atoms with E-state index in [9.17, 15) is 18.8 Å². The lowest BCUT2D eigenvalue weighted by atomic mass is 9.95. The number of amides is 2. The van der Waals surface area contributed by atoms with Gasteiger partial charge in [0.1, 0.15) is 12.4 Å². The maximum Gasteiger partial charge on any atom is 0.354 e. The van der Waals surface area contributed by atoms with Gasteiger partial charge in [0.2, 0.25) is 11.6 Å². The molecule has 0 saturated carbocycles. The van der Waals surface area contributed by atoms with Gasteiger partial charge in [-0.05, 0) is 35.7 Å². The van der Waals surface area contributed by atoms with Gasteiger partial charge in [0, 0.05) is 19.4 Å². The third-order valence-corrected chi connectivity index (χ3v) is 5.53. The maximum absolute atomic E-state index is 13.5. The molecule has 2 aromatic rings. The van der Waals surface area contributed by atoms with Crippen LogP contribution in [-0.4, -0.2) is 34.9 Å². The predicted octanol–water partition coefficient (Wildman–Crippen LogP) is 3.50. The molecule has 6 nitrogen and oxygen atoms in total. The van der Waals surface area contributed by atoms with Crippen LogP contribution in [0.1, 0.15) is 42.6 Å². The highest BCUT2D eigenvalue weighted by Gasteiger charge is 2.61. The van der Waals surface area contributed by atoms with E-state index in [2.05, 4.69) is 0 Å². The van der Waals surface area contributed by atoms with Crippen molar-refractivity contribution in [1.82, 2.24) is 4.90 Å². The fraction of sp³-hybridized carbons (Fsp3) is 0.348. The van der Waals surface area contributed by atoms with Gasteiger partial charge in [-0.1, -0.05) is 38.1 Å². The minimum atomic E-state index is -1.51. The number of esters is 1. The van der Waals surface area contributed by atoms with Crippen molar-refractivity contribution < 1.29 is 23.5 Å². The Hall–Kier alpha value is -3.22. The van der Waals surface area contributed by atoms with E-state index in [0.717, 1.165) is 0 Å². The molecule has 0 aliphatic carbocycles. The molecule has 4 rings (SSSR count). The summed E-state index contributed by atoms with van der Waals surface area (Å²) in [6.07, 6.45) is 0.308. The van der Waals surface area contributed by atoms with Crippen LogP contribution in [0.5, 0.6) is 0 Å². The van der Waals surface area contributed by atoms with Crippen LogP contribution in [0.25, 0.3) is 0 Å². The van der Waals surface area contributed by atoms with E-state index in [4.69, 9.17) is 4.74 Å². The van der Waals surface area contributed by atoms with Gasteiger partial charge in [0.05, 0.1) is 11.3 Å². The van der Waals surface area contributed by atoms with Gasteiger partial charge in [-0.25, -0.2) is 9.18 Å².